The van der Waals surface area contributed by atoms with E-state index in [4.69, 9.17) is 14.2 Å². The van der Waals surface area contributed by atoms with Crippen LogP contribution in [0.3, 0.4) is 0 Å². The van der Waals surface area contributed by atoms with E-state index in [0.29, 0.717) is 16.7 Å². The Hall–Kier alpha value is -5.92. The average molecular weight is 681 g/mol. The number of rotatable bonds is 12. The maximum atomic E-state index is 12.9. The van der Waals surface area contributed by atoms with E-state index in [9.17, 15) is 14.4 Å². The van der Waals surface area contributed by atoms with Gasteiger partial charge in [-0.1, -0.05) is 91.0 Å². The molecule has 0 aliphatic rings. The van der Waals surface area contributed by atoms with Crippen LogP contribution in [-0.2, 0) is 34.0 Å². The van der Waals surface area contributed by atoms with Crippen molar-refractivity contribution in [2.45, 2.75) is 34.5 Å². The molecule has 0 fully saturated rings. The molecule has 0 radical (unpaired) electrons. The molecule has 0 N–H and O–H groups in total. The van der Waals surface area contributed by atoms with Gasteiger partial charge >= 0.3 is 17.9 Å². The second-order valence-electron chi connectivity index (χ2n) is 11.7. The van der Waals surface area contributed by atoms with Gasteiger partial charge < -0.3 is 14.2 Å². The molecule has 0 amide bonds. The minimum atomic E-state index is -1.92. The van der Waals surface area contributed by atoms with Crippen LogP contribution in [0.15, 0.2) is 178 Å². The van der Waals surface area contributed by atoms with Crippen LogP contribution in [0.5, 0.6) is 0 Å². The highest BCUT2D eigenvalue weighted by molar-refractivity contribution is 8.33. The van der Waals surface area contributed by atoms with Crippen molar-refractivity contribution in [3.8, 4) is 0 Å². The molecule has 0 spiro atoms. The first-order chi connectivity index (χ1) is 24.4. The normalized spacial score (nSPS) is 11.3. The average Bonchev–Trinajstić information content (AvgIpc) is 3.19. The van der Waals surface area contributed by atoms with Crippen LogP contribution in [0.1, 0.15) is 47.8 Å². The first-order valence-electron chi connectivity index (χ1n) is 16.1. The highest BCUT2D eigenvalue weighted by Gasteiger charge is 2.27. The van der Waals surface area contributed by atoms with Gasteiger partial charge in [0.1, 0.15) is 19.8 Å². The van der Waals surface area contributed by atoms with Gasteiger partial charge in [0.25, 0.3) is 0 Å². The van der Waals surface area contributed by atoms with Crippen LogP contribution in [0.4, 0.5) is 0 Å². The minimum Gasteiger partial charge on any atom is -0.457 e. The summed E-state index contributed by atoms with van der Waals surface area (Å²) in [6.45, 7) is 0.556. The Morgan fingerprint density at radius 1 is 0.380 bits per heavy atom. The van der Waals surface area contributed by atoms with Gasteiger partial charge in [0.05, 0.1) is 16.7 Å². The SMILES string of the molecule is CS(c1ccc(C(=O)OCc2ccccc2)cc1)(c1ccc(C(=O)OCc2ccccc2)cc1)c1ccc(C(=O)OCc2ccccc2)cc1. The number of hydrogen-bond acceptors (Lipinski definition) is 6. The molecule has 0 saturated carbocycles. The van der Waals surface area contributed by atoms with Crippen molar-refractivity contribution in [3.63, 3.8) is 0 Å². The van der Waals surface area contributed by atoms with Crippen LogP contribution in [-0.4, -0.2) is 24.2 Å². The van der Waals surface area contributed by atoms with Crippen LogP contribution in [0.25, 0.3) is 0 Å². The van der Waals surface area contributed by atoms with Crippen molar-refractivity contribution in [1.82, 2.24) is 0 Å². The van der Waals surface area contributed by atoms with Gasteiger partial charge in [-0.3, -0.25) is 0 Å². The molecule has 0 aliphatic carbocycles. The molecule has 0 saturated heterocycles. The van der Waals surface area contributed by atoms with E-state index in [2.05, 4.69) is 6.26 Å². The van der Waals surface area contributed by atoms with Gasteiger partial charge in [-0.25, -0.2) is 14.4 Å². The quantitative estimate of drug-likeness (QED) is 0.0946. The molecule has 6 aromatic carbocycles. The predicted molar refractivity (Wildman–Crippen MR) is 194 cm³/mol. The minimum absolute atomic E-state index is 0.185. The fraction of sp³-hybridized carbons (Fsp3) is 0.0930. The third kappa shape index (κ3) is 8.20. The number of carbonyl (C=O) groups is 3. The molecule has 0 bridgehead atoms. The maximum absolute atomic E-state index is 12.9. The summed E-state index contributed by atoms with van der Waals surface area (Å²) in [5.74, 6) is -1.23. The van der Waals surface area contributed by atoms with E-state index in [-0.39, 0.29) is 19.8 Å². The predicted octanol–water partition coefficient (Wildman–Crippen LogP) is 9.67. The van der Waals surface area contributed by atoms with Crippen LogP contribution >= 0.6 is 10.0 Å². The molecule has 6 aromatic rings. The van der Waals surface area contributed by atoms with Gasteiger partial charge in [0.2, 0.25) is 0 Å². The van der Waals surface area contributed by atoms with Gasteiger partial charge in [-0.05, 0) is 110 Å². The van der Waals surface area contributed by atoms with E-state index in [1.54, 1.807) is 36.4 Å². The first kappa shape index (κ1) is 34.0. The molecule has 0 heterocycles. The number of hydrogen-bond donors (Lipinski definition) is 0. The molecule has 0 aliphatic heterocycles. The Morgan fingerprint density at radius 3 is 0.860 bits per heavy atom. The lowest BCUT2D eigenvalue weighted by atomic mass is 10.2. The zero-order valence-electron chi connectivity index (χ0n) is 27.6. The standard InChI is InChI=1S/C43H36O6S/c1-50(38-23-17-35(18-24-38)41(44)47-29-32-11-5-2-6-12-32,39-25-19-36(20-26-39)42(45)48-30-33-13-7-3-8-14-33)40-27-21-37(22-28-40)43(46)49-31-34-15-9-4-10-16-34/h2-28H,29-31H2,1H3. The molecule has 250 valence electrons. The summed E-state index contributed by atoms with van der Waals surface area (Å²) in [6, 6.07) is 51.0. The first-order valence-corrected chi connectivity index (χ1v) is 18.2. The van der Waals surface area contributed by atoms with Gasteiger partial charge in [0.15, 0.2) is 0 Å². The fourth-order valence-electron chi connectivity index (χ4n) is 5.42. The zero-order valence-corrected chi connectivity index (χ0v) is 28.4. The fourth-order valence-corrected chi connectivity index (χ4v) is 8.27. The molecule has 6 rings (SSSR count). The highest BCUT2D eigenvalue weighted by Crippen LogP contribution is 2.65. The summed E-state index contributed by atoms with van der Waals surface area (Å²) < 4.78 is 16.7. The Labute approximate surface area is 293 Å². The van der Waals surface area contributed by atoms with E-state index in [0.717, 1.165) is 31.4 Å². The topological polar surface area (TPSA) is 78.9 Å². The lowest BCUT2D eigenvalue weighted by Gasteiger charge is -2.37. The lowest BCUT2D eigenvalue weighted by molar-refractivity contribution is 0.0464. The summed E-state index contributed by atoms with van der Waals surface area (Å²) >= 11 is 0. The maximum Gasteiger partial charge on any atom is 0.338 e. The summed E-state index contributed by atoms with van der Waals surface area (Å²) in [7, 11) is -1.92. The summed E-state index contributed by atoms with van der Waals surface area (Å²) in [6.07, 6.45) is 2.15. The summed E-state index contributed by atoms with van der Waals surface area (Å²) in [5, 5.41) is 0. The van der Waals surface area contributed by atoms with E-state index in [1.165, 1.54) is 0 Å². The van der Waals surface area contributed by atoms with Crippen molar-refractivity contribution >= 4 is 27.9 Å². The molecule has 0 aromatic heterocycles. The number of ether oxygens (including phenoxy) is 3. The van der Waals surface area contributed by atoms with Crippen LogP contribution in [0.2, 0.25) is 0 Å². The van der Waals surface area contributed by atoms with Gasteiger partial charge in [0, 0.05) is 0 Å². The number of benzene rings is 6. The van der Waals surface area contributed by atoms with Crippen molar-refractivity contribution < 1.29 is 28.6 Å². The van der Waals surface area contributed by atoms with Crippen molar-refractivity contribution in [3.05, 3.63) is 197 Å². The third-order valence-corrected chi connectivity index (χ3v) is 12.0. The molecule has 7 heteroatoms. The van der Waals surface area contributed by atoms with Crippen LogP contribution in [0, 0.1) is 0 Å². The van der Waals surface area contributed by atoms with Crippen LogP contribution < -0.4 is 0 Å². The largest absolute Gasteiger partial charge is 0.457 e. The Kier molecular flexibility index (Phi) is 10.9. The van der Waals surface area contributed by atoms with E-state index < -0.39 is 27.9 Å². The van der Waals surface area contributed by atoms with E-state index >= 15 is 0 Å². The highest BCUT2D eigenvalue weighted by atomic mass is 32.3. The molecule has 50 heavy (non-hydrogen) atoms. The summed E-state index contributed by atoms with van der Waals surface area (Å²) in [5.41, 5.74) is 4.07. The third-order valence-electron chi connectivity index (χ3n) is 8.32. The van der Waals surface area contributed by atoms with E-state index in [1.807, 2.05) is 127 Å². The van der Waals surface area contributed by atoms with Gasteiger partial charge in [-0.15, -0.1) is 0 Å². The molecule has 0 atom stereocenters. The molecular formula is C43H36O6S. The zero-order chi connectivity index (χ0) is 34.8. The lowest BCUT2D eigenvalue weighted by Crippen LogP contribution is -2.08. The molecule has 6 nitrogen and oxygen atoms in total. The Bertz CT molecular complexity index is 1790. The van der Waals surface area contributed by atoms with Gasteiger partial charge in [-0.2, -0.15) is 10.0 Å². The Morgan fingerprint density at radius 2 is 0.620 bits per heavy atom. The van der Waals surface area contributed by atoms with Crippen molar-refractivity contribution in [2.24, 2.45) is 0 Å². The monoisotopic (exact) mass is 680 g/mol. The Balaban J connectivity index is 1.24. The summed E-state index contributed by atoms with van der Waals surface area (Å²) in [4.78, 5) is 41.7. The second kappa shape index (κ2) is 16.0. The second-order valence-corrected chi connectivity index (χ2v) is 14.9. The number of carbonyl (C=O) groups excluding carboxylic acids is 3. The number of esters is 3. The smallest absolute Gasteiger partial charge is 0.338 e. The van der Waals surface area contributed by atoms with Crippen molar-refractivity contribution in [2.75, 3.05) is 6.26 Å². The van der Waals surface area contributed by atoms with Crippen molar-refractivity contribution in [1.29, 1.82) is 0 Å². The molecule has 0 unspecified atom stereocenters. The molecular weight excluding hydrogens is 645 g/mol.